The Morgan fingerprint density at radius 1 is 1.06 bits per heavy atom. The topological polar surface area (TPSA) is 103 Å². The van der Waals surface area contributed by atoms with Gasteiger partial charge in [-0.15, -0.1) is 0 Å². The fraction of sp³-hybridized carbons (Fsp3) is 0.478. The minimum atomic E-state index is -3.61. The molecule has 2 heterocycles. The Labute approximate surface area is 188 Å². The molecule has 1 aromatic carbocycles. The maximum Gasteiger partial charge on any atom is 0.373 e. The van der Waals surface area contributed by atoms with Gasteiger partial charge in [-0.25, -0.2) is 13.2 Å². The number of benzene rings is 1. The predicted molar refractivity (Wildman–Crippen MR) is 116 cm³/mol. The molecule has 1 fully saturated rings. The van der Waals surface area contributed by atoms with Crippen molar-refractivity contribution in [2.24, 2.45) is 5.92 Å². The molecule has 1 saturated heterocycles. The highest BCUT2D eigenvalue weighted by molar-refractivity contribution is 7.89. The van der Waals surface area contributed by atoms with Crippen molar-refractivity contribution < 1.29 is 31.9 Å². The van der Waals surface area contributed by atoms with Crippen molar-refractivity contribution in [1.29, 1.82) is 0 Å². The number of esters is 2. The Hall–Kier alpha value is -2.65. The summed E-state index contributed by atoms with van der Waals surface area (Å²) < 4.78 is 42.5. The average Bonchev–Trinajstić information content (AvgIpc) is 3.25. The second-order valence-corrected chi connectivity index (χ2v) is 10.8. The van der Waals surface area contributed by atoms with Gasteiger partial charge in [-0.1, -0.05) is 32.9 Å². The summed E-state index contributed by atoms with van der Waals surface area (Å²) >= 11 is 0. The number of carbonyl (C=O) groups is 2. The monoisotopic (exact) mass is 463 g/mol. The Bertz CT molecular complexity index is 1060. The SMILES string of the molecule is COC(=O)c1ccc(COC(=O)C2CCN(S(=O)(=O)c3ccc(C(C)(C)C)cc3)CC2)o1. The Kier molecular flexibility index (Phi) is 7.09. The van der Waals surface area contributed by atoms with Crippen molar-refractivity contribution >= 4 is 22.0 Å². The van der Waals surface area contributed by atoms with E-state index in [4.69, 9.17) is 9.15 Å². The van der Waals surface area contributed by atoms with Gasteiger partial charge in [0.05, 0.1) is 17.9 Å². The van der Waals surface area contributed by atoms with Gasteiger partial charge >= 0.3 is 11.9 Å². The van der Waals surface area contributed by atoms with Crippen LogP contribution < -0.4 is 0 Å². The summed E-state index contributed by atoms with van der Waals surface area (Å²) in [6.45, 7) is 6.61. The van der Waals surface area contributed by atoms with E-state index in [0.29, 0.717) is 18.6 Å². The van der Waals surface area contributed by atoms with Crippen LogP contribution in [0.3, 0.4) is 0 Å². The van der Waals surface area contributed by atoms with Gasteiger partial charge in [0.15, 0.2) is 0 Å². The number of nitrogens with zero attached hydrogens (tertiary/aromatic N) is 1. The van der Waals surface area contributed by atoms with Gasteiger partial charge in [0.25, 0.3) is 0 Å². The smallest absolute Gasteiger partial charge is 0.373 e. The minimum absolute atomic E-state index is 0.0348. The van der Waals surface area contributed by atoms with Crippen LogP contribution in [-0.4, -0.2) is 44.9 Å². The van der Waals surface area contributed by atoms with Crippen molar-refractivity contribution in [3.8, 4) is 0 Å². The van der Waals surface area contributed by atoms with Gasteiger partial charge in [0.1, 0.15) is 12.4 Å². The first-order valence-electron chi connectivity index (χ1n) is 10.5. The van der Waals surface area contributed by atoms with Crippen molar-refractivity contribution in [3.05, 3.63) is 53.5 Å². The molecule has 1 aromatic heterocycles. The second-order valence-electron chi connectivity index (χ2n) is 8.82. The number of ether oxygens (including phenoxy) is 2. The molecule has 3 rings (SSSR count). The molecule has 174 valence electrons. The number of hydrogen-bond acceptors (Lipinski definition) is 7. The fourth-order valence-electron chi connectivity index (χ4n) is 3.53. The molecule has 0 radical (unpaired) electrons. The van der Waals surface area contributed by atoms with Gasteiger partial charge < -0.3 is 13.9 Å². The van der Waals surface area contributed by atoms with Crippen LogP contribution in [0.15, 0.2) is 45.7 Å². The van der Waals surface area contributed by atoms with E-state index in [-0.39, 0.29) is 41.7 Å². The summed E-state index contributed by atoms with van der Waals surface area (Å²) in [6.07, 6.45) is 0.757. The van der Waals surface area contributed by atoms with Crippen LogP contribution in [0.25, 0.3) is 0 Å². The van der Waals surface area contributed by atoms with Crippen molar-refractivity contribution in [3.63, 3.8) is 0 Å². The molecule has 0 spiro atoms. The van der Waals surface area contributed by atoms with Crippen LogP contribution in [0.4, 0.5) is 0 Å². The number of rotatable bonds is 6. The lowest BCUT2D eigenvalue weighted by Crippen LogP contribution is -2.40. The maximum atomic E-state index is 13.0. The molecule has 0 N–H and O–H groups in total. The van der Waals surface area contributed by atoms with Crippen molar-refractivity contribution in [1.82, 2.24) is 4.31 Å². The van der Waals surface area contributed by atoms with Crippen molar-refractivity contribution in [2.45, 2.75) is 50.5 Å². The van der Waals surface area contributed by atoms with Gasteiger partial charge in [-0.2, -0.15) is 4.31 Å². The molecule has 0 atom stereocenters. The third-order valence-corrected chi connectivity index (χ3v) is 7.46. The molecule has 0 saturated carbocycles. The van der Waals surface area contributed by atoms with E-state index >= 15 is 0 Å². The maximum absolute atomic E-state index is 13.0. The third-order valence-electron chi connectivity index (χ3n) is 5.55. The number of hydrogen-bond donors (Lipinski definition) is 0. The molecule has 0 bridgehead atoms. The number of sulfonamides is 1. The number of carbonyl (C=O) groups excluding carboxylic acids is 2. The number of piperidine rings is 1. The molecule has 32 heavy (non-hydrogen) atoms. The third kappa shape index (κ3) is 5.39. The molecule has 1 aliphatic rings. The summed E-state index contributed by atoms with van der Waals surface area (Å²) in [5, 5.41) is 0. The zero-order chi connectivity index (χ0) is 23.5. The largest absolute Gasteiger partial charge is 0.463 e. The van der Waals surface area contributed by atoms with Crippen LogP contribution in [0.1, 0.15) is 55.5 Å². The quantitative estimate of drug-likeness (QED) is 0.604. The molecule has 0 unspecified atom stereocenters. The van der Waals surface area contributed by atoms with Crippen LogP contribution in [0.2, 0.25) is 0 Å². The minimum Gasteiger partial charge on any atom is -0.463 e. The fourth-order valence-corrected chi connectivity index (χ4v) is 5.00. The molecule has 8 nitrogen and oxygen atoms in total. The Morgan fingerprint density at radius 3 is 2.25 bits per heavy atom. The van der Waals surface area contributed by atoms with E-state index in [9.17, 15) is 18.0 Å². The molecule has 0 amide bonds. The van der Waals surface area contributed by atoms with E-state index in [2.05, 4.69) is 25.5 Å². The highest BCUT2D eigenvalue weighted by Gasteiger charge is 2.33. The molecular formula is C23H29NO7S. The first kappa shape index (κ1) is 24.0. The van der Waals surface area contributed by atoms with Crippen LogP contribution in [-0.2, 0) is 36.3 Å². The molecule has 9 heteroatoms. The Balaban J connectivity index is 1.54. The normalized spacial score (nSPS) is 16.0. The zero-order valence-corrected chi connectivity index (χ0v) is 19.6. The van der Waals surface area contributed by atoms with Crippen LogP contribution >= 0.6 is 0 Å². The summed E-state index contributed by atoms with van der Waals surface area (Å²) in [4.78, 5) is 24.1. The molecule has 1 aliphatic heterocycles. The summed E-state index contributed by atoms with van der Waals surface area (Å²) in [5.74, 6) is -1.04. The Morgan fingerprint density at radius 2 is 1.69 bits per heavy atom. The predicted octanol–water partition coefficient (Wildman–Crippen LogP) is 3.51. The van der Waals surface area contributed by atoms with E-state index in [1.165, 1.54) is 17.5 Å². The van der Waals surface area contributed by atoms with Crippen LogP contribution in [0, 0.1) is 5.92 Å². The summed E-state index contributed by atoms with van der Waals surface area (Å²) in [7, 11) is -2.37. The first-order chi connectivity index (χ1) is 15.0. The zero-order valence-electron chi connectivity index (χ0n) is 18.8. The van der Waals surface area contributed by atoms with E-state index in [1.54, 1.807) is 18.2 Å². The van der Waals surface area contributed by atoms with Crippen molar-refractivity contribution in [2.75, 3.05) is 20.2 Å². The van der Waals surface area contributed by atoms with Crippen LogP contribution in [0.5, 0.6) is 0 Å². The standard InChI is InChI=1S/C23H29NO7S/c1-23(2,3)17-5-8-19(9-6-17)32(27,28)24-13-11-16(12-14-24)21(25)30-15-18-7-10-20(31-18)22(26)29-4/h5-10,16H,11-15H2,1-4H3. The van der Waals surface area contributed by atoms with E-state index < -0.39 is 22.0 Å². The second kappa shape index (κ2) is 9.46. The van der Waals surface area contributed by atoms with Gasteiger partial charge in [0.2, 0.25) is 15.8 Å². The lowest BCUT2D eigenvalue weighted by molar-refractivity contribution is -0.151. The highest BCUT2D eigenvalue weighted by Crippen LogP contribution is 2.27. The number of furan rings is 1. The van der Waals surface area contributed by atoms with E-state index in [0.717, 1.165) is 5.56 Å². The van der Waals surface area contributed by atoms with Gasteiger partial charge in [0, 0.05) is 13.1 Å². The summed E-state index contributed by atoms with van der Waals surface area (Å²) in [6, 6.07) is 9.96. The molecular weight excluding hydrogens is 434 g/mol. The lowest BCUT2D eigenvalue weighted by atomic mass is 9.87. The number of methoxy groups -OCH3 is 1. The average molecular weight is 464 g/mol. The molecule has 2 aromatic rings. The van der Waals surface area contributed by atoms with Gasteiger partial charge in [-0.3, -0.25) is 4.79 Å². The summed E-state index contributed by atoms with van der Waals surface area (Å²) in [5.41, 5.74) is 1.01. The lowest BCUT2D eigenvalue weighted by Gasteiger charge is -2.30. The first-order valence-corrected chi connectivity index (χ1v) is 11.9. The van der Waals surface area contributed by atoms with E-state index in [1.807, 2.05) is 12.1 Å². The van der Waals surface area contributed by atoms with Gasteiger partial charge in [-0.05, 0) is 48.1 Å². The molecule has 0 aliphatic carbocycles. The highest BCUT2D eigenvalue weighted by atomic mass is 32.2.